The highest BCUT2D eigenvalue weighted by molar-refractivity contribution is 5.88. The van der Waals surface area contributed by atoms with Crippen LogP contribution in [0.4, 0.5) is 0 Å². The molecule has 0 fully saturated rings. The van der Waals surface area contributed by atoms with Gasteiger partial charge in [0.25, 0.3) is 0 Å². The largest absolute Gasteiger partial charge is 0.497 e. The normalized spacial score (nSPS) is 11.5. The number of benzene rings is 2. The molecule has 25 heavy (non-hydrogen) atoms. The summed E-state index contributed by atoms with van der Waals surface area (Å²) in [5.41, 5.74) is 1.72. The van der Waals surface area contributed by atoms with Crippen LogP contribution >= 0.6 is 0 Å². The first-order valence-corrected chi connectivity index (χ1v) is 8.29. The molecule has 0 aliphatic carbocycles. The van der Waals surface area contributed by atoms with E-state index in [1.54, 1.807) is 12.0 Å². The van der Waals surface area contributed by atoms with Gasteiger partial charge < -0.3 is 15.0 Å². The molecule has 0 aliphatic heterocycles. The summed E-state index contributed by atoms with van der Waals surface area (Å²) in [7, 11) is 1.61. The zero-order valence-corrected chi connectivity index (χ0v) is 14.9. The standard InChI is InChI=1S/C20H24N2O3/c1-4-21-20(24)19(17-8-6-5-7-9-17)22(15(2)23)14-16-10-12-18(25-3)13-11-16/h5-13,19H,4,14H2,1-3H3,(H,21,24)/t19-/m1/s1. The minimum atomic E-state index is -0.666. The molecule has 2 rings (SSSR count). The molecule has 5 heteroatoms. The van der Waals surface area contributed by atoms with E-state index in [2.05, 4.69) is 5.32 Å². The van der Waals surface area contributed by atoms with Gasteiger partial charge in [-0.15, -0.1) is 0 Å². The summed E-state index contributed by atoms with van der Waals surface area (Å²) in [6, 6.07) is 16.2. The SMILES string of the molecule is CCNC(=O)[C@@H](c1ccccc1)N(Cc1ccc(OC)cc1)C(C)=O. The summed E-state index contributed by atoms with van der Waals surface area (Å²) < 4.78 is 5.16. The molecule has 0 aromatic heterocycles. The highest BCUT2D eigenvalue weighted by Crippen LogP contribution is 2.24. The highest BCUT2D eigenvalue weighted by Gasteiger charge is 2.29. The van der Waals surface area contributed by atoms with Crippen molar-refractivity contribution in [3.63, 3.8) is 0 Å². The van der Waals surface area contributed by atoms with Crippen LogP contribution in [0.25, 0.3) is 0 Å². The van der Waals surface area contributed by atoms with Gasteiger partial charge >= 0.3 is 0 Å². The van der Waals surface area contributed by atoms with E-state index in [1.807, 2.05) is 61.5 Å². The van der Waals surface area contributed by atoms with Gasteiger partial charge in [-0.05, 0) is 30.2 Å². The molecule has 1 atom stereocenters. The van der Waals surface area contributed by atoms with E-state index < -0.39 is 6.04 Å². The number of nitrogens with one attached hydrogen (secondary N) is 1. The number of carbonyl (C=O) groups excluding carboxylic acids is 2. The average Bonchev–Trinajstić information content (AvgIpc) is 2.63. The highest BCUT2D eigenvalue weighted by atomic mass is 16.5. The lowest BCUT2D eigenvalue weighted by atomic mass is 10.0. The van der Waals surface area contributed by atoms with Crippen LogP contribution in [-0.2, 0) is 16.1 Å². The number of likely N-dealkylation sites (N-methyl/N-ethyl adjacent to an activating group) is 1. The maximum atomic E-state index is 12.7. The van der Waals surface area contributed by atoms with Gasteiger partial charge in [0.05, 0.1) is 7.11 Å². The van der Waals surface area contributed by atoms with E-state index in [0.717, 1.165) is 16.9 Å². The fourth-order valence-electron chi connectivity index (χ4n) is 2.69. The molecule has 1 N–H and O–H groups in total. The lowest BCUT2D eigenvalue weighted by Gasteiger charge is -2.30. The Kier molecular flexibility index (Phi) is 6.57. The molecule has 2 aromatic carbocycles. The zero-order chi connectivity index (χ0) is 18.2. The summed E-state index contributed by atoms with van der Waals surface area (Å²) in [5, 5.41) is 2.83. The van der Waals surface area contributed by atoms with Crippen LogP contribution in [0.5, 0.6) is 5.75 Å². The fourth-order valence-corrected chi connectivity index (χ4v) is 2.69. The van der Waals surface area contributed by atoms with Gasteiger partial charge in [-0.1, -0.05) is 42.5 Å². The number of nitrogens with zero attached hydrogens (tertiary/aromatic N) is 1. The predicted molar refractivity (Wildman–Crippen MR) is 97.1 cm³/mol. The number of rotatable bonds is 7. The van der Waals surface area contributed by atoms with Crippen LogP contribution in [0.2, 0.25) is 0 Å². The number of amides is 2. The van der Waals surface area contributed by atoms with Crippen LogP contribution in [0.15, 0.2) is 54.6 Å². The second-order valence-electron chi connectivity index (χ2n) is 5.70. The molecule has 0 radical (unpaired) electrons. The lowest BCUT2D eigenvalue weighted by Crippen LogP contribution is -2.42. The monoisotopic (exact) mass is 340 g/mol. The second-order valence-corrected chi connectivity index (χ2v) is 5.70. The van der Waals surface area contributed by atoms with Gasteiger partial charge in [-0.25, -0.2) is 0 Å². The molecule has 0 spiro atoms. The molecule has 2 amide bonds. The molecular weight excluding hydrogens is 316 g/mol. The molecule has 0 saturated heterocycles. The Morgan fingerprint density at radius 3 is 2.24 bits per heavy atom. The Balaban J connectivity index is 2.34. The number of carbonyl (C=O) groups is 2. The minimum Gasteiger partial charge on any atom is -0.497 e. The second kappa shape index (κ2) is 8.87. The molecule has 2 aromatic rings. The summed E-state index contributed by atoms with van der Waals surface area (Å²) in [6.07, 6.45) is 0. The molecule has 0 saturated carbocycles. The van der Waals surface area contributed by atoms with E-state index in [1.165, 1.54) is 6.92 Å². The Labute approximate surface area is 148 Å². The Bertz CT molecular complexity index is 699. The molecule has 0 unspecified atom stereocenters. The first-order valence-electron chi connectivity index (χ1n) is 8.29. The van der Waals surface area contributed by atoms with Gasteiger partial charge in [0.2, 0.25) is 11.8 Å². The van der Waals surface area contributed by atoms with Crippen LogP contribution in [0, 0.1) is 0 Å². The summed E-state index contributed by atoms with van der Waals surface area (Å²) in [4.78, 5) is 26.6. The first-order chi connectivity index (χ1) is 12.1. The molecule has 0 heterocycles. The van der Waals surface area contributed by atoms with E-state index in [9.17, 15) is 9.59 Å². The van der Waals surface area contributed by atoms with Crippen molar-refractivity contribution >= 4 is 11.8 Å². The zero-order valence-electron chi connectivity index (χ0n) is 14.9. The molecule has 132 valence electrons. The van der Waals surface area contributed by atoms with Gasteiger partial charge in [0, 0.05) is 20.0 Å². The summed E-state index contributed by atoms with van der Waals surface area (Å²) in [5.74, 6) is 0.412. The Hall–Kier alpha value is -2.82. The van der Waals surface area contributed by atoms with Gasteiger partial charge in [-0.3, -0.25) is 9.59 Å². The van der Waals surface area contributed by atoms with Crippen molar-refractivity contribution < 1.29 is 14.3 Å². The quantitative estimate of drug-likeness (QED) is 0.843. The number of ether oxygens (including phenoxy) is 1. The third-order valence-corrected chi connectivity index (χ3v) is 3.94. The number of hydrogen-bond donors (Lipinski definition) is 1. The van der Waals surface area contributed by atoms with Crippen molar-refractivity contribution in [1.29, 1.82) is 0 Å². The molecule has 0 aliphatic rings. The third kappa shape index (κ3) is 4.83. The van der Waals surface area contributed by atoms with Crippen LogP contribution in [-0.4, -0.2) is 30.4 Å². The maximum absolute atomic E-state index is 12.7. The molecule has 0 bridgehead atoms. The molecule has 5 nitrogen and oxygen atoms in total. The van der Waals surface area contributed by atoms with Crippen LogP contribution in [0.3, 0.4) is 0 Å². The van der Waals surface area contributed by atoms with E-state index in [4.69, 9.17) is 4.74 Å². The summed E-state index contributed by atoms with van der Waals surface area (Å²) >= 11 is 0. The van der Waals surface area contributed by atoms with E-state index >= 15 is 0 Å². The van der Waals surface area contributed by atoms with Crippen molar-refractivity contribution in [1.82, 2.24) is 10.2 Å². The Morgan fingerprint density at radius 1 is 1.08 bits per heavy atom. The average molecular weight is 340 g/mol. The fraction of sp³-hybridized carbons (Fsp3) is 0.300. The van der Waals surface area contributed by atoms with Crippen molar-refractivity contribution in [2.45, 2.75) is 26.4 Å². The van der Waals surface area contributed by atoms with E-state index in [0.29, 0.717) is 13.1 Å². The molecular formula is C20H24N2O3. The Morgan fingerprint density at radius 2 is 1.72 bits per heavy atom. The third-order valence-electron chi connectivity index (χ3n) is 3.94. The van der Waals surface area contributed by atoms with E-state index in [-0.39, 0.29) is 11.8 Å². The van der Waals surface area contributed by atoms with Crippen molar-refractivity contribution in [3.05, 3.63) is 65.7 Å². The van der Waals surface area contributed by atoms with Gasteiger partial charge in [-0.2, -0.15) is 0 Å². The van der Waals surface area contributed by atoms with Crippen LogP contribution < -0.4 is 10.1 Å². The van der Waals surface area contributed by atoms with Crippen molar-refractivity contribution in [3.8, 4) is 5.75 Å². The maximum Gasteiger partial charge on any atom is 0.247 e. The first kappa shape index (κ1) is 18.5. The smallest absolute Gasteiger partial charge is 0.247 e. The minimum absolute atomic E-state index is 0.157. The van der Waals surface area contributed by atoms with Crippen LogP contribution in [0.1, 0.15) is 31.0 Å². The predicted octanol–water partition coefficient (Wildman–Crippen LogP) is 2.92. The van der Waals surface area contributed by atoms with Gasteiger partial charge in [0.1, 0.15) is 11.8 Å². The number of hydrogen-bond acceptors (Lipinski definition) is 3. The van der Waals surface area contributed by atoms with Crippen molar-refractivity contribution in [2.24, 2.45) is 0 Å². The van der Waals surface area contributed by atoms with Crippen molar-refractivity contribution in [2.75, 3.05) is 13.7 Å². The number of methoxy groups -OCH3 is 1. The van der Waals surface area contributed by atoms with Gasteiger partial charge in [0.15, 0.2) is 0 Å². The summed E-state index contributed by atoms with van der Waals surface area (Å²) in [6.45, 7) is 4.20. The lowest BCUT2D eigenvalue weighted by molar-refractivity contribution is -0.140. The topological polar surface area (TPSA) is 58.6 Å².